The summed E-state index contributed by atoms with van der Waals surface area (Å²) < 4.78 is 16.2. The minimum Gasteiger partial charge on any atom is -0.466 e. The minimum atomic E-state index is -0.636. The average molecular weight is 410 g/mol. The second kappa shape index (κ2) is 8.48. The molecule has 0 radical (unpaired) electrons. The molecule has 3 rings (SSSR count). The predicted molar refractivity (Wildman–Crippen MR) is 96.0 cm³/mol. The Labute approximate surface area is 168 Å². The first-order valence-corrected chi connectivity index (χ1v) is 9.80. The van der Waals surface area contributed by atoms with E-state index in [1.54, 1.807) is 0 Å². The van der Waals surface area contributed by atoms with Crippen molar-refractivity contribution in [1.82, 2.24) is 10.2 Å². The van der Waals surface area contributed by atoms with Crippen LogP contribution in [0.3, 0.4) is 0 Å². The lowest BCUT2D eigenvalue weighted by atomic mass is 9.74. The molecule has 3 aliphatic rings. The van der Waals surface area contributed by atoms with E-state index in [-0.39, 0.29) is 49.6 Å². The Balaban J connectivity index is 1.50. The summed E-state index contributed by atoms with van der Waals surface area (Å²) in [5.41, 5.74) is 0. The van der Waals surface area contributed by atoms with Crippen molar-refractivity contribution in [2.45, 2.75) is 51.4 Å². The van der Waals surface area contributed by atoms with E-state index < -0.39 is 42.1 Å². The molecule has 10 nitrogen and oxygen atoms in total. The van der Waals surface area contributed by atoms with Gasteiger partial charge in [0, 0.05) is 32.9 Å². The number of esters is 2. The number of fused-ring (bicyclic) bond motifs is 5. The van der Waals surface area contributed by atoms with E-state index in [1.165, 1.54) is 18.9 Å². The van der Waals surface area contributed by atoms with Gasteiger partial charge in [0.15, 0.2) is 0 Å². The van der Waals surface area contributed by atoms with Crippen LogP contribution in [0.4, 0.5) is 0 Å². The highest BCUT2D eigenvalue weighted by Gasteiger charge is 2.68. The second-order valence-corrected chi connectivity index (χ2v) is 7.63. The van der Waals surface area contributed by atoms with Crippen LogP contribution in [0.2, 0.25) is 0 Å². The molecule has 0 spiro atoms. The summed E-state index contributed by atoms with van der Waals surface area (Å²) in [6, 6.07) is 0. The van der Waals surface area contributed by atoms with Crippen LogP contribution in [-0.4, -0.2) is 73.1 Å². The highest BCUT2D eigenvalue weighted by atomic mass is 16.6. The maximum absolute atomic E-state index is 12.8. The van der Waals surface area contributed by atoms with Crippen LogP contribution in [0.5, 0.6) is 0 Å². The van der Waals surface area contributed by atoms with E-state index in [0.29, 0.717) is 6.42 Å². The minimum absolute atomic E-state index is 0.0263. The van der Waals surface area contributed by atoms with Gasteiger partial charge >= 0.3 is 11.9 Å². The van der Waals surface area contributed by atoms with Crippen LogP contribution in [0.1, 0.15) is 33.1 Å². The van der Waals surface area contributed by atoms with E-state index in [2.05, 4.69) is 5.32 Å². The Morgan fingerprint density at radius 3 is 2.38 bits per heavy atom. The number of likely N-dealkylation sites (tertiary alicyclic amines) is 1. The first-order valence-electron chi connectivity index (χ1n) is 9.80. The highest BCUT2D eigenvalue weighted by Crippen LogP contribution is 2.52. The van der Waals surface area contributed by atoms with Crippen LogP contribution in [0.15, 0.2) is 0 Å². The predicted octanol–water partition coefficient (Wildman–Crippen LogP) is -0.604. The molecule has 0 aromatic rings. The quantitative estimate of drug-likeness (QED) is 0.319. The number of carbonyl (C=O) groups excluding carboxylic acids is 5. The lowest BCUT2D eigenvalue weighted by molar-refractivity contribution is -0.154. The summed E-state index contributed by atoms with van der Waals surface area (Å²) >= 11 is 0. The molecule has 10 heteroatoms. The van der Waals surface area contributed by atoms with E-state index in [0.717, 1.165) is 0 Å². The van der Waals surface area contributed by atoms with Crippen molar-refractivity contribution >= 4 is 29.7 Å². The molecule has 29 heavy (non-hydrogen) atoms. The molecule has 0 aromatic carbocycles. The molecule has 4 unspecified atom stereocenters. The van der Waals surface area contributed by atoms with E-state index in [9.17, 15) is 24.0 Å². The normalized spacial score (nSPS) is 32.3. The molecule has 0 aliphatic carbocycles. The molecule has 3 amide bonds. The highest BCUT2D eigenvalue weighted by molar-refractivity contribution is 6.06. The fraction of sp³-hybridized carbons (Fsp3) is 0.737. The van der Waals surface area contributed by atoms with Crippen LogP contribution in [0.25, 0.3) is 0 Å². The van der Waals surface area contributed by atoms with E-state index >= 15 is 0 Å². The largest absolute Gasteiger partial charge is 0.466 e. The third-order valence-corrected chi connectivity index (χ3v) is 5.80. The molecule has 2 bridgehead atoms. The first-order chi connectivity index (χ1) is 13.8. The molecule has 3 heterocycles. The molecule has 3 aliphatic heterocycles. The molecular weight excluding hydrogens is 384 g/mol. The van der Waals surface area contributed by atoms with Crippen molar-refractivity contribution in [2.24, 2.45) is 17.8 Å². The Hall–Kier alpha value is -2.49. The van der Waals surface area contributed by atoms with Crippen molar-refractivity contribution in [3.05, 3.63) is 0 Å². The molecule has 6 atom stereocenters. The Kier molecular flexibility index (Phi) is 6.21. The van der Waals surface area contributed by atoms with Gasteiger partial charge in [0.05, 0.1) is 31.0 Å². The van der Waals surface area contributed by atoms with Crippen molar-refractivity contribution < 1.29 is 38.2 Å². The number of rotatable bonds is 8. The maximum Gasteiger partial charge on any atom is 0.306 e. The maximum atomic E-state index is 12.8. The second-order valence-electron chi connectivity index (χ2n) is 7.63. The number of nitrogens with one attached hydrogen (secondary N) is 1. The van der Waals surface area contributed by atoms with Gasteiger partial charge in [-0.25, -0.2) is 0 Å². The molecule has 0 aromatic heterocycles. The number of amides is 3. The number of hydrogen-bond acceptors (Lipinski definition) is 8. The molecule has 160 valence electrons. The summed E-state index contributed by atoms with van der Waals surface area (Å²) in [6.07, 6.45) is -1.25. The van der Waals surface area contributed by atoms with Gasteiger partial charge < -0.3 is 19.5 Å². The number of nitrogens with zero attached hydrogens (tertiary/aromatic N) is 1. The smallest absolute Gasteiger partial charge is 0.306 e. The summed E-state index contributed by atoms with van der Waals surface area (Å²) in [5.74, 6) is -3.17. The van der Waals surface area contributed by atoms with Crippen molar-refractivity contribution in [2.75, 3.05) is 20.2 Å². The van der Waals surface area contributed by atoms with Crippen LogP contribution < -0.4 is 5.32 Å². The van der Waals surface area contributed by atoms with Crippen molar-refractivity contribution in [3.8, 4) is 0 Å². The van der Waals surface area contributed by atoms with Crippen LogP contribution in [-0.2, 0) is 38.2 Å². The topological polar surface area (TPSA) is 128 Å². The van der Waals surface area contributed by atoms with Gasteiger partial charge in [0.1, 0.15) is 12.2 Å². The van der Waals surface area contributed by atoms with Crippen molar-refractivity contribution in [3.63, 3.8) is 0 Å². The zero-order chi connectivity index (χ0) is 21.3. The van der Waals surface area contributed by atoms with E-state index in [1.807, 2.05) is 6.92 Å². The van der Waals surface area contributed by atoms with Crippen molar-refractivity contribution in [1.29, 1.82) is 0 Å². The summed E-state index contributed by atoms with van der Waals surface area (Å²) in [6.45, 7) is 3.35. The fourth-order valence-corrected chi connectivity index (χ4v) is 4.44. The first kappa shape index (κ1) is 21.2. The number of ether oxygens (including phenoxy) is 3. The van der Waals surface area contributed by atoms with Crippen LogP contribution >= 0.6 is 0 Å². The summed E-state index contributed by atoms with van der Waals surface area (Å²) in [4.78, 5) is 60.8. The Bertz CT molecular complexity index is 723. The zero-order valence-corrected chi connectivity index (χ0v) is 16.7. The Morgan fingerprint density at radius 1 is 1.10 bits per heavy atom. The standard InChI is InChI=1S/C19H26N2O8/c1-9-15-13-14(17(29-15)16(9)28-10(2)22)19(26)21(18(13)25)7-4-8-27-12(24)6-5-11(23)20-3/h9,13-17H,4-8H2,1-3H3,(H,20,23)/t9-,13?,14?,15-,16?,17?/m1/s1. The number of hydrogen-bond donors (Lipinski definition) is 1. The monoisotopic (exact) mass is 410 g/mol. The number of imide groups is 1. The van der Waals surface area contributed by atoms with Gasteiger partial charge in [-0.05, 0) is 6.42 Å². The SMILES string of the molecule is CNC(=O)CCC(=O)OCCCN1C(=O)C2C3O[C@@H](C2C1=O)[C@@H](C)C3OC(C)=O. The lowest BCUT2D eigenvalue weighted by Crippen LogP contribution is -2.45. The van der Waals surface area contributed by atoms with Gasteiger partial charge in [0.2, 0.25) is 17.7 Å². The third-order valence-electron chi connectivity index (χ3n) is 5.80. The zero-order valence-electron chi connectivity index (χ0n) is 16.7. The van der Waals surface area contributed by atoms with Gasteiger partial charge in [-0.15, -0.1) is 0 Å². The molecule has 3 fully saturated rings. The van der Waals surface area contributed by atoms with Crippen LogP contribution in [0, 0.1) is 17.8 Å². The fourth-order valence-electron chi connectivity index (χ4n) is 4.44. The number of carbonyl (C=O) groups is 5. The summed E-state index contributed by atoms with van der Waals surface area (Å²) in [5, 5.41) is 2.42. The van der Waals surface area contributed by atoms with Gasteiger partial charge in [0.25, 0.3) is 0 Å². The molecule has 0 saturated carbocycles. The molecule has 3 saturated heterocycles. The van der Waals surface area contributed by atoms with Gasteiger partial charge in [-0.1, -0.05) is 6.92 Å². The summed E-state index contributed by atoms with van der Waals surface area (Å²) in [7, 11) is 1.49. The van der Waals surface area contributed by atoms with Gasteiger partial charge in [-0.3, -0.25) is 28.9 Å². The third kappa shape index (κ3) is 3.98. The van der Waals surface area contributed by atoms with E-state index in [4.69, 9.17) is 14.2 Å². The molecular formula is C19H26N2O8. The van der Waals surface area contributed by atoms with Gasteiger partial charge in [-0.2, -0.15) is 0 Å². The average Bonchev–Trinajstić information content (AvgIpc) is 3.28. The lowest BCUT2D eigenvalue weighted by Gasteiger charge is -2.29. The molecule has 1 N–H and O–H groups in total. The Morgan fingerprint density at radius 2 is 1.76 bits per heavy atom.